The fourth-order valence-corrected chi connectivity index (χ4v) is 6.54. The number of carbonyl (C=O) groups excluding carboxylic acids is 2. The van der Waals surface area contributed by atoms with Gasteiger partial charge in [-0.15, -0.1) is 0 Å². The number of unbranched alkanes of at least 4 members (excludes halogenated alkanes) is 16. The first kappa shape index (κ1) is 58.6. The molecule has 0 aliphatic carbocycles. The molecule has 5 heteroatoms. The Hall–Kier alpha value is -3.44. The largest absolute Gasteiger partial charge is 0.462 e. The number of hydrogen-bond donors (Lipinski definition) is 0. The Kier molecular flexibility index (Phi) is 49.0. The molecule has 0 aromatic heterocycles. The summed E-state index contributed by atoms with van der Waals surface area (Å²) in [6.07, 6.45) is 71.0. The van der Waals surface area contributed by atoms with E-state index < -0.39 is 6.10 Å². The van der Waals surface area contributed by atoms with Crippen LogP contribution in [0.25, 0.3) is 0 Å². The van der Waals surface area contributed by atoms with Crippen LogP contribution in [0, 0.1) is 0 Å². The minimum atomic E-state index is -0.573. The number of esters is 2. The summed E-state index contributed by atoms with van der Waals surface area (Å²) in [5.74, 6) is -0.485. The van der Waals surface area contributed by atoms with Crippen LogP contribution in [0.4, 0.5) is 0 Å². The van der Waals surface area contributed by atoms with Gasteiger partial charge in [0.15, 0.2) is 6.10 Å². The van der Waals surface area contributed by atoms with E-state index in [9.17, 15) is 9.59 Å². The Balaban J connectivity index is 4.39. The van der Waals surface area contributed by atoms with Crippen molar-refractivity contribution in [2.45, 2.75) is 219 Å². The number of rotatable bonds is 45. The van der Waals surface area contributed by atoms with E-state index in [2.05, 4.69) is 130 Å². The first-order chi connectivity index (χ1) is 30.6. The van der Waals surface area contributed by atoms with Crippen molar-refractivity contribution in [2.75, 3.05) is 19.8 Å². The first-order valence-electron chi connectivity index (χ1n) is 25.4. The summed E-state index contributed by atoms with van der Waals surface area (Å²) in [4.78, 5) is 25.4. The van der Waals surface area contributed by atoms with Gasteiger partial charge in [-0.2, -0.15) is 0 Å². The number of ether oxygens (including phenoxy) is 3. The van der Waals surface area contributed by atoms with Crippen LogP contribution in [0.1, 0.15) is 213 Å². The highest BCUT2D eigenvalue weighted by Crippen LogP contribution is 2.13. The van der Waals surface area contributed by atoms with Crippen molar-refractivity contribution < 1.29 is 23.8 Å². The lowest BCUT2D eigenvalue weighted by atomic mass is 10.1. The maximum atomic E-state index is 12.8. The quantitative estimate of drug-likeness (QED) is 0.0347. The van der Waals surface area contributed by atoms with Crippen molar-refractivity contribution in [1.82, 2.24) is 0 Å². The number of carbonyl (C=O) groups is 2. The summed E-state index contributed by atoms with van der Waals surface area (Å²) < 4.78 is 17.3. The topological polar surface area (TPSA) is 61.8 Å². The van der Waals surface area contributed by atoms with E-state index in [0.717, 1.165) is 103 Å². The standard InChI is InChI=1S/C57H94O5/c1-4-7-10-13-16-19-22-25-27-29-31-33-35-38-41-44-47-50-56(58)61-54-55(53-60-52-49-46-43-40-37-24-21-18-15-12-9-6-3)62-57(59)51-48-45-42-39-36-34-32-30-28-26-23-20-17-14-11-8-5-2/h7-8,10-11,15-20,25-28,31,33,38,41,55H,4-6,9,12-14,21-24,29-30,32,34-37,39-40,42-54H2,1-3H3/b10-7-,11-8-,18-15-,19-16-,20-17-,27-25-,28-26-,33-31-,41-38-. The van der Waals surface area contributed by atoms with Crippen LogP contribution in [0.3, 0.4) is 0 Å². The Morgan fingerprint density at radius 3 is 1.23 bits per heavy atom. The van der Waals surface area contributed by atoms with Gasteiger partial charge in [-0.1, -0.05) is 201 Å². The third-order valence-electron chi connectivity index (χ3n) is 10.3. The maximum absolute atomic E-state index is 12.8. The SMILES string of the molecule is CC/C=C\C/C=C\C/C=C\C/C=C\C/C=C\CCCC(=O)OCC(COCCCCCCCC/C=C\CCCC)OC(=O)CCCCCCCCC/C=C\C/C=C\C/C=C\CC. The molecule has 352 valence electrons. The van der Waals surface area contributed by atoms with Gasteiger partial charge in [-0.3, -0.25) is 9.59 Å². The van der Waals surface area contributed by atoms with Crippen molar-refractivity contribution >= 4 is 11.9 Å². The summed E-state index contributed by atoms with van der Waals surface area (Å²) in [6, 6.07) is 0. The van der Waals surface area contributed by atoms with E-state index in [0.29, 0.717) is 19.4 Å². The maximum Gasteiger partial charge on any atom is 0.306 e. The van der Waals surface area contributed by atoms with Crippen molar-refractivity contribution in [3.05, 3.63) is 109 Å². The van der Waals surface area contributed by atoms with Crippen molar-refractivity contribution in [1.29, 1.82) is 0 Å². The average molecular weight is 859 g/mol. The minimum absolute atomic E-state index is 0.0433. The zero-order chi connectivity index (χ0) is 44.9. The lowest BCUT2D eigenvalue weighted by Gasteiger charge is -2.18. The van der Waals surface area contributed by atoms with E-state index in [-0.39, 0.29) is 25.2 Å². The van der Waals surface area contributed by atoms with Crippen LogP contribution in [0.15, 0.2) is 109 Å². The summed E-state index contributed by atoms with van der Waals surface area (Å²) in [6.45, 7) is 7.48. The molecule has 62 heavy (non-hydrogen) atoms. The van der Waals surface area contributed by atoms with Gasteiger partial charge in [0.25, 0.3) is 0 Å². The molecule has 5 nitrogen and oxygen atoms in total. The molecule has 0 spiro atoms. The Bertz CT molecular complexity index is 1250. The lowest BCUT2D eigenvalue weighted by Crippen LogP contribution is -2.30. The van der Waals surface area contributed by atoms with Crippen LogP contribution in [-0.2, 0) is 23.8 Å². The minimum Gasteiger partial charge on any atom is -0.462 e. The van der Waals surface area contributed by atoms with Crippen LogP contribution in [0.5, 0.6) is 0 Å². The van der Waals surface area contributed by atoms with Crippen LogP contribution >= 0.6 is 0 Å². The van der Waals surface area contributed by atoms with E-state index in [1.54, 1.807) is 0 Å². The smallest absolute Gasteiger partial charge is 0.306 e. The van der Waals surface area contributed by atoms with Crippen molar-refractivity contribution in [3.63, 3.8) is 0 Å². The fourth-order valence-electron chi connectivity index (χ4n) is 6.54. The zero-order valence-electron chi connectivity index (χ0n) is 40.3. The van der Waals surface area contributed by atoms with Gasteiger partial charge in [-0.05, 0) is 109 Å². The molecule has 0 aromatic rings. The van der Waals surface area contributed by atoms with Gasteiger partial charge in [0.05, 0.1) is 6.61 Å². The predicted molar refractivity (Wildman–Crippen MR) is 269 cm³/mol. The van der Waals surface area contributed by atoms with Gasteiger partial charge in [0, 0.05) is 19.4 Å². The molecule has 0 amide bonds. The van der Waals surface area contributed by atoms with E-state index in [4.69, 9.17) is 14.2 Å². The van der Waals surface area contributed by atoms with Crippen molar-refractivity contribution in [2.24, 2.45) is 0 Å². The molecule has 0 saturated heterocycles. The van der Waals surface area contributed by atoms with Gasteiger partial charge in [0.2, 0.25) is 0 Å². The summed E-state index contributed by atoms with van der Waals surface area (Å²) in [5, 5.41) is 0. The van der Waals surface area contributed by atoms with Gasteiger partial charge in [-0.25, -0.2) is 0 Å². The van der Waals surface area contributed by atoms with E-state index in [1.807, 2.05) is 0 Å². The number of hydrogen-bond acceptors (Lipinski definition) is 5. The molecular weight excluding hydrogens is 765 g/mol. The average Bonchev–Trinajstić information content (AvgIpc) is 3.27. The second-order valence-corrected chi connectivity index (χ2v) is 16.3. The molecule has 0 N–H and O–H groups in total. The summed E-state index contributed by atoms with van der Waals surface area (Å²) >= 11 is 0. The molecule has 1 unspecified atom stereocenters. The molecule has 0 aliphatic heterocycles. The second kappa shape index (κ2) is 51.9. The zero-order valence-corrected chi connectivity index (χ0v) is 40.3. The molecule has 0 aromatic carbocycles. The summed E-state index contributed by atoms with van der Waals surface area (Å²) in [7, 11) is 0. The molecule has 0 bridgehead atoms. The van der Waals surface area contributed by atoms with Crippen molar-refractivity contribution in [3.8, 4) is 0 Å². The Morgan fingerprint density at radius 2 is 0.742 bits per heavy atom. The highest BCUT2D eigenvalue weighted by Gasteiger charge is 2.17. The highest BCUT2D eigenvalue weighted by molar-refractivity contribution is 5.70. The Labute approximate surface area is 383 Å². The molecule has 0 aliphatic rings. The Morgan fingerprint density at radius 1 is 0.371 bits per heavy atom. The molecule has 0 rings (SSSR count). The van der Waals surface area contributed by atoms with Crippen LogP contribution in [0.2, 0.25) is 0 Å². The third-order valence-corrected chi connectivity index (χ3v) is 10.3. The molecule has 0 heterocycles. The van der Waals surface area contributed by atoms with Gasteiger partial charge in [0.1, 0.15) is 6.61 Å². The molecule has 0 radical (unpaired) electrons. The lowest BCUT2D eigenvalue weighted by molar-refractivity contribution is -0.163. The monoisotopic (exact) mass is 859 g/mol. The normalized spacial score (nSPS) is 13.1. The van der Waals surface area contributed by atoms with Gasteiger partial charge >= 0.3 is 11.9 Å². The second-order valence-electron chi connectivity index (χ2n) is 16.3. The highest BCUT2D eigenvalue weighted by atomic mass is 16.6. The predicted octanol–water partition coefficient (Wildman–Crippen LogP) is 17.2. The molecule has 0 fully saturated rings. The first-order valence-corrected chi connectivity index (χ1v) is 25.4. The van der Waals surface area contributed by atoms with Crippen LogP contribution in [-0.4, -0.2) is 37.9 Å². The molecule has 1 atom stereocenters. The fraction of sp³-hybridized carbons (Fsp3) is 0.649. The summed E-state index contributed by atoms with van der Waals surface area (Å²) in [5.41, 5.74) is 0. The third kappa shape index (κ3) is 49.2. The van der Waals surface area contributed by atoms with E-state index in [1.165, 1.54) is 77.0 Å². The van der Waals surface area contributed by atoms with E-state index >= 15 is 0 Å². The van der Waals surface area contributed by atoms with Crippen LogP contribution < -0.4 is 0 Å². The molecular formula is C57H94O5. The molecule has 0 saturated carbocycles. The van der Waals surface area contributed by atoms with Gasteiger partial charge < -0.3 is 14.2 Å². The number of allylic oxidation sites excluding steroid dienone is 18.